The highest BCUT2D eigenvalue weighted by atomic mass is 32.1. The minimum absolute atomic E-state index is 0.648. The average Bonchev–Trinajstić information content (AvgIpc) is 2.67. The van der Waals surface area contributed by atoms with Crippen LogP contribution in [0.1, 0.15) is 16.5 Å². The third-order valence-corrected chi connectivity index (χ3v) is 3.17. The van der Waals surface area contributed by atoms with Gasteiger partial charge in [0.2, 0.25) is 0 Å². The Morgan fingerprint density at radius 2 is 2.36 bits per heavy atom. The Labute approximate surface area is 90.6 Å². The van der Waals surface area contributed by atoms with E-state index < -0.39 is 0 Å². The molecule has 0 spiro atoms. The normalized spacial score (nSPS) is 10.7. The van der Waals surface area contributed by atoms with Crippen LogP contribution in [0, 0.1) is 18.6 Å². The molecule has 0 saturated carbocycles. The number of thiazole rings is 1. The fourth-order valence-electron chi connectivity index (χ4n) is 1.19. The summed E-state index contributed by atoms with van der Waals surface area (Å²) in [5.41, 5.74) is 1.05. The van der Waals surface area contributed by atoms with Crippen molar-refractivity contribution in [3.05, 3.63) is 26.7 Å². The van der Waals surface area contributed by atoms with Gasteiger partial charge in [0.05, 0.1) is 6.54 Å². The molecule has 2 heterocycles. The van der Waals surface area contributed by atoms with Crippen molar-refractivity contribution in [1.29, 1.82) is 0 Å². The highest BCUT2D eigenvalue weighted by Crippen LogP contribution is 2.11. The maximum Gasteiger partial charge on any atom is 0.195 e. The predicted molar refractivity (Wildman–Crippen MR) is 58.1 cm³/mol. The van der Waals surface area contributed by atoms with E-state index in [2.05, 4.69) is 15.2 Å². The third-order valence-electron chi connectivity index (χ3n) is 1.91. The standard InChI is InChI=1S/C8H10N4S2/c1-5-4-14-7(9-5)3-12-6(2)10-11-8(12)13/h4H,3H2,1-2H3,(H,11,13). The van der Waals surface area contributed by atoms with Crippen molar-refractivity contribution in [3.63, 3.8) is 0 Å². The van der Waals surface area contributed by atoms with Crippen molar-refractivity contribution >= 4 is 23.6 Å². The van der Waals surface area contributed by atoms with Crippen LogP contribution in [0.2, 0.25) is 0 Å². The van der Waals surface area contributed by atoms with Gasteiger partial charge in [0.25, 0.3) is 0 Å². The molecule has 0 aliphatic heterocycles. The van der Waals surface area contributed by atoms with Crippen LogP contribution in [0.4, 0.5) is 0 Å². The quantitative estimate of drug-likeness (QED) is 0.797. The molecule has 0 amide bonds. The third kappa shape index (κ3) is 1.76. The maximum absolute atomic E-state index is 5.10. The maximum atomic E-state index is 5.10. The van der Waals surface area contributed by atoms with Crippen LogP contribution in [0.15, 0.2) is 5.38 Å². The van der Waals surface area contributed by atoms with Crippen molar-refractivity contribution in [1.82, 2.24) is 19.7 Å². The molecule has 1 N–H and O–H groups in total. The molecule has 14 heavy (non-hydrogen) atoms. The molecule has 2 rings (SSSR count). The van der Waals surface area contributed by atoms with Gasteiger partial charge in [-0.3, -0.25) is 9.67 Å². The second kappa shape index (κ2) is 3.62. The molecule has 2 aromatic heterocycles. The largest absolute Gasteiger partial charge is 0.297 e. The molecular formula is C8H10N4S2. The van der Waals surface area contributed by atoms with Crippen LogP contribution < -0.4 is 0 Å². The first-order chi connectivity index (χ1) is 6.66. The summed E-state index contributed by atoms with van der Waals surface area (Å²) >= 11 is 6.75. The number of aromatic amines is 1. The molecule has 0 bridgehead atoms. The summed E-state index contributed by atoms with van der Waals surface area (Å²) in [5, 5.41) is 9.89. The van der Waals surface area contributed by atoms with Gasteiger partial charge in [-0.25, -0.2) is 4.98 Å². The fraction of sp³-hybridized carbons (Fsp3) is 0.375. The van der Waals surface area contributed by atoms with Crippen LogP contribution in [0.5, 0.6) is 0 Å². The highest BCUT2D eigenvalue weighted by Gasteiger charge is 2.04. The average molecular weight is 226 g/mol. The minimum atomic E-state index is 0.648. The van der Waals surface area contributed by atoms with E-state index in [0.29, 0.717) is 11.3 Å². The molecule has 0 aliphatic carbocycles. The number of aryl methyl sites for hydroxylation is 2. The first kappa shape index (κ1) is 9.54. The second-order valence-corrected chi connectivity index (χ2v) is 4.37. The minimum Gasteiger partial charge on any atom is -0.297 e. The van der Waals surface area contributed by atoms with Gasteiger partial charge in [0.15, 0.2) is 4.77 Å². The van der Waals surface area contributed by atoms with E-state index in [0.717, 1.165) is 16.5 Å². The van der Waals surface area contributed by atoms with Crippen LogP contribution >= 0.6 is 23.6 Å². The summed E-state index contributed by atoms with van der Waals surface area (Å²) in [5.74, 6) is 0.892. The number of hydrogen-bond acceptors (Lipinski definition) is 4. The van der Waals surface area contributed by atoms with E-state index in [1.165, 1.54) is 0 Å². The summed E-state index contributed by atoms with van der Waals surface area (Å²) in [6.45, 7) is 4.62. The Hall–Kier alpha value is -1.01. The van der Waals surface area contributed by atoms with Gasteiger partial charge < -0.3 is 0 Å². The molecule has 6 heteroatoms. The molecule has 74 valence electrons. The van der Waals surface area contributed by atoms with E-state index in [9.17, 15) is 0 Å². The smallest absolute Gasteiger partial charge is 0.195 e. The summed E-state index contributed by atoms with van der Waals surface area (Å²) in [4.78, 5) is 4.38. The topological polar surface area (TPSA) is 46.5 Å². The van der Waals surface area contributed by atoms with Crippen molar-refractivity contribution in [2.45, 2.75) is 20.4 Å². The van der Waals surface area contributed by atoms with Crippen LogP contribution in [0.25, 0.3) is 0 Å². The van der Waals surface area contributed by atoms with E-state index >= 15 is 0 Å². The Kier molecular flexibility index (Phi) is 2.47. The van der Waals surface area contributed by atoms with Gasteiger partial charge in [-0.2, -0.15) is 5.10 Å². The zero-order valence-electron chi connectivity index (χ0n) is 7.94. The predicted octanol–water partition coefficient (Wildman–Crippen LogP) is 2.06. The lowest BCUT2D eigenvalue weighted by molar-refractivity contribution is 0.744. The number of rotatable bonds is 2. The molecule has 0 aromatic carbocycles. The molecule has 0 saturated heterocycles. The molecule has 0 aliphatic rings. The number of H-pyrrole nitrogens is 1. The number of nitrogens with one attached hydrogen (secondary N) is 1. The molecular weight excluding hydrogens is 216 g/mol. The van der Waals surface area contributed by atoms with E-state index in [-0.39, 0.29) is 0 Å². The lowest BCUT2D eigenvalue weighted by atomic mass is 10.5. The summed E-state index contributed by atoms with van der Waals surface area (Å²) in [7, 11) is 0. The fourth-order valence-corrected chi connectivity index (χ4v) is 2.20. The van der Waals surface area contributed by atoms with Crippen LogP contribution in [-0.4, -0.2) is 19.7 Å². The number of aromatic nitrogens is 4. The summed E-state index contributed by atoms with van der Waals surface area (Å²) in [6, 6.07) is 0. The Morgan fingerprint density at radius 3 is 2.86 bits per heavy atom. The summed E-state index contributed by atoms with van der Waals surface area (Å²) in [6.07, 6.45) is 0. The first-order valence-electron chi connectivity index (χ1n) is 4.19. The van der Waals surface area contributed by atoms with Crippen LogP contribution in [0.3, 0.4) is 0 Å². The highest BCUT2D eigenvalue weighted by molar-refractivity contribution is 7.71. The van der Waals surface area contributed by atoms with Crippen molar-refractivity contribution in [3.8, 4) is 0 Å². The van der Waals surface area contributed by atoms with Gasteiger partial charge in [0.1, 0.15) is 10.8 Å². The van der Waals surface area contributed by atoms with Crippen molar-refractivity contribution in [2.75, 3.05) is 0 Å². The Bertz CT molecular complexity index is 493. The lowest BCUT2D eigenvalue weighted by Crippen LogP contribution is -2.01. The van der Waals surface area contributed by atoms with E-state index in [1.807, 2.05) is 23.8 Å². The van der Waals surface area contributed by atoms with E-state index in [4.69, 9.17) is 12.2 Å². The number of hydrogen-bond donors (Lipinski definition) is 1. The molecule has 0 radical (unpaired) electrons. The Morgan fingerprint density at radius 1 is 1.57 bits per heavy atom. The molecule has 0 atom stereocenters. The molecule has 2 aromatic rings. The van der Waals surface area contributed by atoms with Crippen molar-refractivity contribution < 1.29 is 0 Å². The zero-order valence-corrected chi connectivity index (χ0v) is 9.58. The summed E-state index contributed by atoms with van der Waals surface area (Å²) < 4.78 is 2.59. The monoisotopic (exact) mass is 226 g/mol. The van der Waals surface area contributed by atoms with Gasteiger partial charge in [-0.15, -0.1) is 11.3 Å². The van der Waals surface area contributed by atoms with Gasteiger partial charge in [0, 0.05) is 11.1 Å². The zero-order chi connectivity index (χ0) is 10.1. The molecule has 0 fully saturated rings. The van der Waals surface area contributed by atoms with Crippen molar-refractivity contribution in [2.24, 2.45) is 0 Å². The van der Waals surface area contributed by atoms with Gasteiger partial charge in [-0.05, 0) is 26.1 Å². The van der Waals surface area contributed by atoms with Crippen LogP contribution in [-0.2, 0) is 6.54 Å². The second-order valence-electron chi connectivity index (χ2n) is 3.04. The van der Waals surface area contributed by atoms with Gasteiger partial charge in [-0.1, -0.05) is 0 Å². The Balaban J connectivity index is 2.31. The molecule has 4 nitrogen and oxygen atoms in total. The lowest BCUT2D eigenvalue weighted by Gasteiger charge is -1.99. The SMILES string of the molecule is Cc1csc(Cn2c(C)n[nH]c2=S)n1. The van der Waals surface area contributed by atoms with E-state index in [1.54, 1.807) is 11.3 Å². The molecule has 0 unspecified atom stereocenters. The van der Waals surface area contributed by atoms with Gasteiger partial charge >= 0.3 is 0 Å². The number of nitrogens with zero attached hydrogens (tertiary/aromatic N) is 3. The first-order valence-corrected chi connectivity index (χ1v) is 5.48.